The molecule has 0 saturated carbocycles. The predicted octanol–water partition coefficient (Wildman–Crippen LogP) is 4.00. The lowest BCUT2D eigenvalue weighted by atomic mass is 9.90. The zero-order chi connectivity index (χ0) is 27.1. The molecule has 2 aromatic carbocycles. The molecular weight excluding hydrogens is 492 g/mol. The van der Waals surface area contributed by atoms with Crippen molar-refractivity contribution in [2.24, 2.45) is 11.8 Å². The normalized spacial score (nSPS) is 16.9. The minimum Gasteiger partial charge on any atom is -0.377 e. The fourth-order valence-electron chi connectivity index (χ4n) is 5.51. The highest BCUT2D eigenvalue weighted by atomic mass is 16.5. The van der Waals surface area contributed by atoms with Crippen LogP contribution in [-0.2, 0) is 36.6 Å². The van der Waals surface area contributed by atoms with E-state index in [1.165, 1.54) is 11.1 Å². The number of hydrogen-bond donors (Lipinski definition) is 0. The van der Waals surface area contributed by atoms with Gasteiger partial charge < -0.3 is 24.0 Å². The largest absolute Gasteiger partial charge is 0.377 e. The van der Waals surface area contributed by atoms with Crippen molar-refractivity contribution < 1.29 is 23.8 Å². The quantitative estimate of drug-likeness (QED) is 0.342. The molecule has 2 aromatic rings. The molecule has 0 aromatic heterocycles. The molecule has 212 valence electrons. The van der Waals surface area contributed by atoms with E-state index in [1.54, 1.807) is 0 Å². The van der Waals surface area contributed by atoms with E-state index in [4.69, 9.17) is 14.2 Å². The monoisotopic (exact) mass is 536 g/mol. The Kier molecular flexibility index (Phi) is 12.3. The van der Waals surface area contributed by atoms with Crippen molar-refractivity contribution in [2.75, 3.05) is 65.8 Å². The number of ether oxygens (including phenoxy) is 3. The summed E-state index contributed by atoms with van der Waals surface area (Å²) in [5, 5.41) is 0. The first-order valence-electron chi connectivity index (χ1n) is 14.5. The second kappa shape index (κ2) is 16.4. The summed E-state index contributed by atoms with van der Waals surface area (Å²) in [7, 11) is 0. The lowest BCUT2D eigenvalue weighted by Crippen LogP contribution is -2.41. The standard InChI is InChI=1S/C32H44N2O5/c35-31(33-15-11-29(12-16-33)23-27-7-3-1-4-8-27)25-38-21-19-37-20-22-39-26-32(36)34-17-13-30(14-18-34)24-28-9-5-2-6-10-28/h1-10,29-30H,11-26H2. The molecule has 2 saturated heterocycles. The van der Waals surface area contributed by atoms with Gasteiger partial charge in [-0.15, -0.1) is 0 Å². The first-order chi connectivity index (χ1) is 19.2. The zero-order valence-corrected chi connectivity index (χ0v) is 23.2. The highest BCUT2D eigenvalue weighted by Gasteiger charge is 2.24. The minimum atomic E-state index is 0.0547. The van der Waals surface area contributed by atoms with E-state index in [2.05, 4.69) is 48.5 Å². The molecule has 2 heterocycles. The number of hydrogen-bond acceptors (Lipinski definition) is 5. The summed E-state index contributed by atoms with van der Waals surface area (Å²) in [6, 6.07) is 21.1. The van der Waals surface area contributed by atoms with Gasteiger partial charge in [0.1, 0.15) is 13.2 Å². The summed E-state index contributed by atoms with van der Waals surface area (Å²) < 4.78 is 16.6. The molecule has 2 fully saturated rings. The van der Waals surface area contributed by atoms with E-state index in [1.807, 2.05) is 21.9 Å². The van der Waals surface area contributed by atoms with Crippen LogP contribution in [0.3, 0.4) is 0 Å². The van der Waals surface area contributed by atoms with E-state index in [0.29, 0.717) is 38.3 Å². The second-order valence-electron chi connectivity index (χ2n) is 10.7. The Labute approximate surface area is 233 Å². The molecule has 4 rings (SSSR count). The van der Waals surface area contributed by atoms with Gasteiger partial charge in [0.2, 0.25) is 11.8 Å². The van der Waals surface area contributed by atoms with Crippen LogP contribution in [0.2, 0.25) is 0 Å². The molecule has 0 spiro atoms. The van der Waals surface area contributed by atoms with Crippen LogP contribution < -0.4 is 0 Å². The van der Waals surface area contributed by atoms with Crippen LogP contribution in [0.15, 0.2) is 60.7 Å². The van der Waals surface area contributed by atoms with Gasteiger partial charge in [0.25, 0.3) is 0 Å². The SMILES string of the molecule is O=C(COCCOCCOCC(=O)N1CCC(Cc2ccccc2)CC1)N1CCC(Cc2ccccc2)CC1. The maximum atomic E-state index is 12.4. The number of nitrogens with zero attached hydrogens (tertiary/aromatic N) is 2. The highest BCUT2D eigenvalue weighted by Crippen LogP contribution is 2.22. The third kappa shape index (κ3) is 10.4. The predicted molar refractivity (Wildman–Crippen MR) is 151 cm³/mol. The summed E-state index contributed by atoms with van der Waals surface area (Å²) in [5.41, 5.74) is 2.75. The van der Waals surface area contributed by atoms with Crippen molar-refractivity contribution in [3.05, 3.63) is 71.8 Å². The fraction of sp³-hybridized carbons (Fsp3) is 0.562. The minimum absolute atomic E-state index is 0.0547. The van der Waals surface area contributed by atoms with Gasteiger partial charge in [0.05, 0.1) is 26.4 Å². The van der Waals surface area contributed by atoms with Crippen molar-refractivity contribution in [1.29, 1.82) is 0 Å². The molecule has 0 atom stereocenters. The van der Waals surface area contributed by atoms with Crippen LogP contribution in [0.4, 0.5) is 0 Å². The molecule has 0 aliphatic carbocycles. The van der Waals surface area contributed by atoms with Gasteiger partial charge in [-0.1, -0.05) is 60.7 Å². The molecule has 2 aliphatic rings. The highest BCUT2D eigenvalue weighted by molar-refractivity contribution is 5.77. The molecule has 2 aliphatic heterocycles. The summed E-state index contributed by atoms with van der Waals surface area (Å²) in [5.74, 6) is 1.39. The Morgan fingerprint density at radius 3 is 1.31 bits per heavy atom. The molecule has 0 bridgehead atoms. The maximum absolute atomic E-state index is 12.4. The number of piperidine rings is 2. The van der Waals surface area contributed by atoms with E-state index >= 15 is 0 Å². The van der Waals surface area contributed by atoms with Crippen molar-refractivity contribution in [1.82, 2.24) is 9.80 Å². The van der Waals surface area contributed by atoms with Crippen molar-refractivity contribution in [2.45, 2.75) is 38.5 Å². The Balaban J connectivity index is 0.952. The number of carbonyl (C=O) groups is 2. The van der Waals surface area contributed by atoms with Crippen LogP contribution in [0.25, 0.3) is 0 Å². The summed E-state index contributed by atoms with van der Waals surface area (Å²) in [6.07, 6.45) is 6.33. The smallest absolute Gasteiger partial charge is 0.248 e. The molecule has 2 amide bonds. The van der Waals surface area contributed by atoms with E-state index in [-0.39, 0.29) is 25.0 Å². The Morgan fingerprint density at radius 2 is 0.923 bits per heavy atom. The average molecular weight is 537 g/mol. The lowest BCUT2D eigenvalue weighted by Gasteiger charge is -2.32. The van der Waals surface area contributed by atoms with Gasteiger partial charge in [0.15, 0.2) is 0 Å². The molecule has 0 N–H and O–H groups in total. The van der Waals surface area contributed by atoms with Gasteiger partial charge in [-0.3, -0.25) is 9.59 Å². The van der Waals surface area contributed by atoms with Crippen molar-refractivity contribution in [3.8, 4) is 0 Å². The third-order valence-corrected chi connectivity index (χ3v) is 7.86. The number of benzene rings is 2. The molecule has 39 heavy (non-hydrogen) atoms. The summed E-state index contributed by atoms with van der Waals surface area (Å²) in [6.45, 7) is 4.95. The summed E-state index contributed by atoms with van der Waals surface area (Å²) >= 11 is 0. The molecule has 7 heteroatoms. The lowest BCUT2D eigenvalue weighted by molar-refractivity contribution is -0.138. The fourth-order valence-corrected chi connectivity index (χ4v) is 5.51. The van der Waals surface area contributed by atoms with E-state index < -0.39 is 0 Å². The molecular formula is C32H44N2O5. The van der Waals surface area contributed by atoms with Gasteiger partial charge in [0, 0.05) is 26.2 Å². The van der Waals surface area contributed by atoms with Gasteiger partial charge in [-0.2, -0.15) is 0 Å². The Morgan fingerprint density at radius 1 is 0.564 bits per heavy atom. The second-order valence-corrected chi connectivity index (χ2v) is 10.7. The van der Waals surface area contributed by atoms with Gasteiger partial charge in [-0.05, 0) is 61.5 Å². The molecule has 0 radical (unpaired) electrons. The van der Waals surface area contributed by atoms with Crippen LogP contribution >= 0.6 is 0 Å². The van der Waals surface area contributed by atoms with Crippen LogP contribution in [0, 0.1) is 11.8 Å². The first-order valence-corrected chi connectivity index (χ1v) is 14.5. The Hall–Kier alpha value is -2.74. The number of amides is 2. The van der Waals surface area contributed by atoms with Crippen LogP contribution in [0.1, 0.15) is 36.8 Å². The Bertz CT molecular complexity index is 891. The average Bonchev–Trinajstić information content (AvgIpc) is 2.98. The van der Waals surface area contributed by atoms with Crippen molar-refractivity contribution >= 4 is 11.8 Å². The third-order valence-electron chi connectivity index (χ3n) is 7.86. The number of rotatable bonds is 14. The number of likely N-dealkylation sites (tertiary alicyclic amines) is 2. The van der Waals surface area contributed by atoms with E-state index in [9.17, 15) is 9.59 Å². The number of carbonyl (C=O) groups excluding carboxylic acids is 2. The van der Waals surface area contributed by atoms with Crippen molar-refractivity contribution in [3.63, 3.8) is 0 Å². The first kappa shape index (κ1) is 29.2. The molecule has 7 nitrogen and oxygen atoms in total. The van der Waals surface area contributed by atoms with E-state index in [0.717, 1.165) is 64.7 Å². The van der Waals surface area contributed by atoms with Gasteiger partial charge in [-0.25, -0.2) is 0 Å². The maximum Gasteiger partial charge on any atom is 0.248 e. The topological polar surface area (TPSA) is 68.3 Å². The molecule has 0 unspecified atom stereocenters. The van der Waals surface area contributed by atoms with Gasteiger partial charge >= 0.3 is 0 Å². The van der Waals surface area contributed by atoms with Crippen LogP contribution in [0.5, 0.6) is 0 Å². The van der Waals surface area contributed by atoms with Crippen LogP contribution in [-0.4, -0.2) is 87.4 Å². The summed E-state index contributed by atoms with van der Waals surface area (Å²) in [4.78, 5) is 28.7. The zero-order valence-electron chi connectivity index (χ0n) is 23.2.